The minimum absolute atomic E-state index is 0.0728. The SMILES string of the molecule is CC(C)(C)OC(=O)N1CC[C@H](Nc2ncc(Cl)c(-c3cn(S(=O)(=O)c4ccccc4)c4ccccc34)n2)C1.O=S(=O)(c1ccccc1)n1cc(-c2nc(N[C@H]3CCNC3)ncc2Cl)c2ccccc21. The molecule has 0 saturated carbocycles. The van der Waals surface area contributed by atoms with Crippen molar-refractivity contribution in [3.63, 3.8) is 0 Å². The molecule has 2 atom stereocenters. The minimum Gasteiger partial charge on any atom is -0.444 e. The smallest absolute Gasteiger partial charge is 0.410 e. The second-order valence-corrected chi connectivity index (χ2v) is 22.0. The number of aromatic nitrogens is 6. The van der Waals surface area contributed by atoms with Crippen molar-refractivity contribution in [1.82, 2.24) is 38.1 Å². The summed E-state index contributed by atoms with van der Waals surface area (Å²) in [6.45, 7) is 8.30. The molecule has 4 aromatic heterocycles. The molecule has 2 aliphatic heterocycles. The molecule has 1 amide bonds. The van der Waals surface area contributed by atoms with Crippen LogP contribution in [0.2, 0.25) is 10.0 Å². The summed E-state index contributed by atoms with van der Waals surface area (Å²) in [6, 6.07) is 31.3. The molecule has 6 heterocycles. The first kappa shape index (κ1) is 47.5. The molecule has 0 spiro atoms. The Balaban J connectivity index is 0.000000175. The number of carbonyl (C=O) groups excluding carboxylic acids is 1. The van der Waals surface area contributed by atoms with E-state index in [0.29, 0.717) is 75.4 Å². The molecule has 3 N–H and O–H groups in total. The number of nitrogens with zero attached hydrogens (tertiary/aromatic N) is 7. The Hall–Kier alpha value is -6.57. The summed E-state index contributed by atoms with van der Waals surface area (Å²) < 4.78 is 61.7. The number of hydrogen-bond donors (Lipinski definition) is 3. The van der Waals surface area contributed by atoms with E-state index in [9.17, 15) is 21.6 Å². The van der Waals surface area contributed by atoms with Crippen LogP contribution in [0.5, 0.6) is 0 Å². The molecule has 2 aliphatic rings. The van der Waals surface area contributed by atoms with Gasteiger partial charge in [-0.1, -0.05) is 96.0 Å². The van der Waals surface area contributed by atoms with Crippen LogP contribution in [0, 0.1) is 0 Å². The third-order valence-electron chi connectivity index (χ3n) is 11.5. The summed E-state index contributed by atoms with van der Waals surface area (Å²) in [5.41, 5.74) is 2.61. The molecular weight excluding hydrogens is 960 g/mol. The highest BCUT2D eigenvalue weighted by molar-refractivity contribution is 7.90. The molecular formula is C49H48Cl2N10O6S2. The van der Waals surface area contributed by atoms with E-state index in [4.69, 9.17) is 27.9 Å². The Labute approximate surface area is 409 Å². The van der Waals surface area contributed by atoms with E-state index in [-0.39, 0.29) is 33.0 Å². The van der Waals surface area contributed by atoms with Crippen molar-refractivity contribution in [2.75, 3.05) is 36.8 Å². The van der Waals surface area contributed by atoms with Gasteiger partial charge in [0.15, 0.2) is 0 Å². The molecule has 2 saturated heterocycles. The van der Waals surface area contributed by atoms with E-state index < -0.39 is 25.6 Å². The Morgan fingerprint density at radius 1 is 0.667 bits per heavy atom. The molecule has 0 aliphatic carbocycles. The van der Waals surface area contributed by atoms with Gasteiger partial charge in [0.25, 0.3) is 20.0 Å². The molecule has 4 aromatic carbocycles. The third kappa shape index (κ3) is 10.1. The Morgan fingerprint density at radius 2 is 1.13 bits per heavy atom. The van der Waals surface area contributed by atoms with Crippen LogP contribution in [-0.4, -0.2) is 99.6 Å². The number of likely N-dealkylation sites (tertiary alicyclic amines) is 1. The van der Waals surface area contributed by atoms with Gasteiger partial charge in [0, 0.05) is 66.0 Å². The molecule has 16 nitrogen and oxygen atoms in total. The molecule has 69 heavy (non-hydrogen) atoms. The summed E-state index contributed by atoms with van der Waals surface area (Å²) in [4.78, 5) is 32.4. The molecule has 356 valence electrons. The van der Waals surface area contributed by atoms with Crippen molar-refractivity contribution in [2.45, 2.75) is 61.1 Å². The predicted molar refractivity (Wildman–Crippen MR) is 269 cm³/mol. The molecule has 10 rings (SSSR count). The van der Waals surface area contributed by atoms with Crippen LogP contribution in [0.25, 0.3) is 44.3 Å². The fraction of sp³-hybridized carbons (Fsp3) is 0.245. The van der Waals surface area contributed by atoms with Crippen LogP contribution in [0.4, 0.5) is 16.7 Å². The van der Waals surface area contributed by atoms with E-state index in [0.717, 1.165) is 24.9 Å². The number of hydrogen-bond acceptors (Lipinski definition) is 13. The molecule has 0 radical (unpaired) electrons. The highest BCUT2D eigenvalue weighted by Gasteiger charge is 2.31. The van der Waals surface area contributed by atoms with Gasteiger partial charge in [-0.2, -0.15) is 0 Å². The fourth-order valence-electron chi connectivity index (χ4n) is 8.25. The normalized spacial score (nSPS) is 16.3. The number of halogens is 2. The van der Waals surface area contributed by atoms with Crippen LogP contribution in [-0.2, 0) is 24.8 Å². The Morgan fingerprint density at radius 3 is 1.59 bits per heavy atom. The maximum Gasteiger partial charge on any atom is 0.410 e. The number of amides is 1. The number of nitrogens with one attached hydrogen (secondary N) is 3. The lowest BCUT2D eigenvalue weighted by Crippen LogP contribution is -2.36. The van der Waals surface area contributed by atoms with Crippen molar-refractivity contribution < 1.29 is 26.4 Å². The van der Waals surface area contributed by atoms with Gasteiger partial charge in [-0.15, -0.1) is 0 Å². The molecule has 20 heteroatoms. The highest BCUT2D eigenvalue weighted by atomic mass is 35.5. The number of ether oxygens (including phenoxy) is 1. The second kappa shape index (κ2) is 19.4. The lowest BCUT2D eigenvalue weighted by Gasteiger charge is -2.24. The van der Waals surface area contributed by atoms with Crippen LogP contribution in [0.1, 0.15) is 33.6 Å². The van der Waals surface area contributed by atoms with E-state index in [2.05, 4.69) is 35.9 Å². The maximum absolute atomic E-state index is 13.5. The second-order valence-electron chi connectivity index (χ2n) is 17.5. The van der Waals surface area contributed by atoms with Gasteiger partial charge in [0.2, 0.25) is 11.9 Å². The number of fused-ring (bicyclic) bond motifs is 2. The van der Waals surface area contributed by atoms with Crippen LogP contribution < -0.4 is 16.0 Å². The van der Waals surface area contributed by atoms with Gasteiger partial charge < -0.3 is 25.6 Å². The lowest BCUT2D eigenvalue weighted by molar-refractivity contribution is 0.0293. The first-order chi connectivity index (χ1) is 33.1. The van der Waals surface area contributed by atoms with Gasteiger partial charge in [0.1, 0.15) is 5.60 Å². The highest BCUT2D eigenvalue weighted by Crippen LogP contribution is 2.38. The van der Waals surface area contributed by atoms with Gasteiger partial charge in [-0.05, 0) is 76.6 Å². The molecule has 8 aromatic rings. The number of benzene rings is 4. The quantitative estimate of drug-likeness (QED) is 0.117. The summed E-state index contributed by atoms with van der Waals surface area (Å²) in [5, 5.41) is 12.0. The monoisotopic (exact) mass is 1010 g/mol. The summed E-state index contributed by atoms with van der Waals surface area (Å²) in [6.07, 6.45) is 7.50. The number of anilines is 2. The van der Waals surface area contributed by atoms with E-state index in [1.807, 2.05) is 51.1 Å². The van der Waals surface area contributed by atoms with E-state index >= 15 is 0 Å². The zero-order chi connectivity index (χ0) is 48.5. The Bertz CT molecular complexity index is 3400. The third-order valence-corrected chi connectivity index (χ3v) is 15.5. The number of para-hydroxylation sites is 2. The van der Waals surface area contributed by atoms with Gasteiger partial charge in [0.05, 0.1) is 54.7 Å². The average molecular weight is 1010 g/mol. The van der Waals surface area contributed by atoms with Crippen LogP contribution >= 0.6 is 23.2 Å². The minimum atomic E-state index is -3.86. The first-order valence-corrected chi connectivity index (χ1v) is 25.8. The standard InChI is InChI=1S/C27H28ClN5O4S.C22H20ClN5O2S/c1-27(2,3)37-26(34)32-14-13-18(16-32)30-25-29-15-22(28)24(31-25)21-17-33(23-12-8-7-11-20(21)23)38(35,36)19-9-5-4-6-10-19;23-19-13-25-22(26-15-10-11-24-12-15)27-21(19)18-14-28(20-9-5-4-8-17(18)20)31(29,30)16-6-2-1-3-7-16/h4-12,15,17-18H,13-14,16H2,1-3H3,(H,29,30,31);1-9,13-15,24H,10-12H2,(H,25,26,27)/t18-;15-/m00/s1. The predicted octanol–water partition coefficient (Wildman–Crippen LogP) is 9.17. The Kier molecular flexibility index (Phi) is 13.4. The van der Waals surface area contributed by atoms with Gasteiger partial charge in [-0.25, -0.2) is 49.5 Å². The van der Waals surface area contributed by atoms with E-state index in [1.165, 1.54) is 14.1 Å². The number of carbonyl (C=O) groups is 1. The lowest BCUT2D eigenvalue weighted by atomic mass is 10.1. The summed E-state index contributed by atoms with van der Waals surface area (Å²) in [5.74, 6) is 0.805. The van der Waals surface area contributed by atoms with E-state index in [1.54, 1.807) is 102 Å². The van der Waals surface area contributed by atoms with Gasteiger partial charge >= 0.3 is 6.09 Å². The number of rotatable bonds is 10. The van der Waals surface area contributed by atoms with Gasteiger partial charge in [-0.3, -0.25) is 0 Å². The molecule has 2 fully saturated rings. The summed E-state index contributed by atoms with van der Waals surface area (Å²) >= 11 is 13.0. The van der Waals surface area contributed by atoms with Crippen molar-refractivity contribution in [2.24, 2.45) is 0 Å². The summed E-state index contributed by atoms with van der Waals surface area (Å²) in [7, 11) is -7.64. The van der Waals surface area contributed by atoms with Crippen LogP contribution in [0.15, 0.2) is 144 Å². The maximum atomic E-state index is 13.5. The average Bonchev–Trinajstić information content (AvgIpc) is 4.18. The molecule has 0 unspecified atom stereocenters. The largest absolute Gasteiger partial charge is 0.444 e. The van der Waals surface area contributed by atoms with Crippen molar-refractivity contribution in [1.29, 1.82) is 0 Å². The van der Waals surface area contributed by atoms with Crippen LogP contribution in [0.3, 0.4) is 0 Å². The first-order valence-electron chi connectivity index (χ1n) is 22.2. The van der Waals surface area contributed by atoms with Crippen molar-refractivity contribution in [3.8, 4) is 22.5 Å². The topological polar surface area (TPSA) is 195 Å². The van der Waals surface area contributed by atoms with Crippen molar-refractivity contribution in [3.05, 3.63) is 144 Å². The fourth-order valence-corrected chi connectivity index (χ4v) is 11.4. The molecule has 0 bridgehead atoms. The van der Waals surface area contributed by atoms with Crippen molar-refractivity contribution >= 4 is 83.0 Å². The zero-order valence-electron chi connectivity index (χ0n) is 37.8. The zero-order valence-corrected chi connectivity index (χ0v) is 40.9.